The van der Waals surface area contributed by atoms with E-state index in [1.54, 1.807) is 0 Å². The van der Waals surface area contributed by atoms with E-state index in [0.29, 0.717) is 6.04 Å². The third kappa shape index (κ3) is 2.45. The second kappa shape index (κ2) is 4.67. The lowest BCUT2D eigenvalue weighted by Crippen LogP contribution is -2.53. The Morgan fingerprint density at radius 3 is 2.56 bits per heavy atom. The molecule has 2 rings (SSSR count). The highest BCUT2D eigenvalue weighted by molar-refractivity contribution is 5.23. The van der Waals surface area contributed by atoms with Gasteiger partial charge < -0.3 is 5.73 Å². The molecule has 0 radical (unpaired) electrons. The summed E-state index contributed by atoms with van der Waals surface area (Å²) in [6.07, 6.45) is 4.42. The van der Waals surface area contributed by atoms with E-state index in [2.05, 4.69) is 43.9 Å². The molecule has 0 aliphatic carbocycles. The van der Waals surface area contributed by atoms with Gasteiger partial charge in [-0.2, -0.15) is 5.10 Å². The first-order chi connectivity index (χ1) is 8.30. The van der Waals surface area contributed by atoms with E-state index < -0.39 is 0 Å². The minimum absolute atomic E-state index is 0.144. The van der Waals surface area contributed by atoms with Gasteiger partial charge in [0.15, 0.2) is 0 Å². The molecule has 18 heavy (non-hydrogen) atoms. The van der Waals surface area contributed by atoms with E-state index in [0.717, 1.165) is 18.7 Å². The molecule has 2 heterocycles. The van der Waals surface area contributed by atoms with Crippen LogP contribution in [0, 0.1) is 6.92 Å². The van der Waals surface area contributed by atoms with Crippen LogP contribution in [0.25, 0.3) is 0 Å². The lowest BCUT2D eigenvalue weighted by Gasteiger charge is -2.47. The maximum Gasteiger partial charge on any atom is 0.0642 e. The van der Waals surface area contributed by atoms with Crippen molar-refractivity contribution in [1.29, 1.82) is 0 Å². The first-order valence-electron chi connectivity index (χ1n) is 6.83. The second-order valence-electron chi connectivity index (χ2n) is 6.46. The van der Waals surface area contributed by atoms with Gasteiger partial charge in [0.1, 0.15) is 0 Å². The fraction of sp³-hybridized carbons (Fsp3) is 0.786. The first-order valence-corrected chi connectivity index (χ1v) is 6.83. The minimum Gasteiger partial charge on any atom is -0.326 e. The molecule has 1 aliphatic rings. The zero-order valence-electron chi connectivity index (χ0n) is 12.3. The van der Waals surface area contributed by atoms with Gasteiger partial charge in [-0.3, -0.25) is 9.58 Å². The lowest BCUT2D eigenvalue weighted by molar-refractivity contribution is 0.0381. The van der Waals surface area contributed by atoms with Crippen molar-refractivity contribution in [2.75, 3.05) is 6.54 Å². The molecule has 4 heteroatoms. The van der Waals surface area contributed by atoms with E-state index in [1.807, 2.05) is 11.7 Å². The van der Waals surface area contributed by atoms with Crippen molar-refractivity contribution in [3.8, 4) is 0 Å². The smallest absolute Gasteiger partial charge is 0.0642 e. The van der Waals surface area contributed by atoms with Gasteiger partial charge >= 0.3 is 0 Å². The normalized spacial score (nSPS) is 26.6. The lowest BCUT2D eigenvalue weighted by atomic mass is 9.87. The Balaban J connectivity index is 2.39. The minimum atomic E-state index is 0.144. The maximum atomic E-state index is 6.40. The highest BCUT2D eigenvalue weighted by atomic mass is 15.3. The van der Waals surface area contributed by atoms with Crippen LogP contribution in [-0.2, 0) is 7.05 Å². The van der Waals surface area contributed by atoms with E-state index in [9.17, 15) is 0 Å². The van der Waals surface area contributed by atoms with Crippen molar-refractivity contribution in [3.05, 3.63) is 17.5 Å². The van der Waals surface area contributed by atoms with Crippen LogP contribution in [-0.4, -0.2) is 32.8 Å². The number of rotatable bonds is 1. The SMILES string of the molecule is Cc1nn(C)cc1C1C(N)CCCN1C(C)(C)C. The van der Waals surface area contributed by atoms with Crippen LogP contribution in [0.2, 0.25) is 0 Å². The summed E-state index contributed by atoms with van der Waals surface area (Å²) in [6.45, 7) is 10.0. The molecular formula is C14H26N4. The molecule has 0 amide bonds. The number of nitrogens with zero attached hydrogens (tertiary/aromatic N) is 3. The van der Waals surface area contributed by atoms with Gasteiger partial charge in [0.05, 0.1) is 11.7 Å². The van der Waals surface area contributed by atoms with Gasteiger partial charge in [0.25, 0.3) is 0 Å². The predicted octanol–water partition coefficient (Wildman–Crippen LogP) is 1.99. The van der Waals surface area contributed by atoms with Crippen LogP contribution in [0.4, 0.5) is 0 Å². The third-order valence-corrected chi connectivity index (χ3v) is 3.91. The molecule has 2 atom stereocenters. The summed E-state index contributed by atoms with van der Waals surface area (Å²) in [7, 11) is 1.98. The van der Waals surface area contributed by atoms with Crippen molar-refractivity contribution in [1.82, 2.24) is 14.7 Å². The first kappa shape index (κ1) is 13.6. The summed E-state index contributed by atoms with van der Waals surface area (Å²) in [6, 6.07) is 0.508. The monoisotopic (exact) mass is 250 g/mol. The predicted molar refractivity (Wildman–Crippen MR) is 74.4 cm³/mol. The van der Waals surface area contributed by atoms with E-state index >= 15 is 0 Å². The number of aryl methyl sites for hydroxylation is 2. The summed E-state index contributed by atoms with van der Waals surface area (Å²) >= 11 is 0. The molecule has 1 aromatic heterocycles. The molecule has 2 N–H and O–H groups in total. The molecule has 1 aromatic rings. The van der Waals surface area contributed by atoms with Gasteiger partial charge in [0, 0.05) is 30.4 Å². The zero-order chi connectivity index (χ0) is 13.5. The Hall–Kier alpha value is -0.870. The molecule has 0 saturated carbocycles. The Bertz CT molecular complexity index is 416. The Labute approximate surface area is 110 Å². The molecule has 2 unspecified atom stereocenters. The Morgan fingerprint density at radius 1 is 1.39 bits per heavy atom. The van der Waals surface area contributed by atoms with Gasteiger partial charge in [-0.1, -0.05) is 0 Å². The van der Waals surface area contributed by atoms with Crippen molar-refractivity contribution >= 4 is 0 Å². The standard InChI is InChI=1S/C14H26N4/c1-10-11(9-17(5)16-10)13-12(15)7-6-8-18(13)14(2,3)4/h9,12-13H,6-8,15H2,1-5H3. The number of hydrogen-bond acceptors (Lipinski definition) is 3. The summed E-state index contributed by atoms with van der Waals surface area (Å²) in [4.78, 5) is 2.53. The molecule has 1 saturated heterocycles. The van der Waals surface area contributed by atoms with Crippen molar-refractivity contribution < 1.29 is 0 Å². The molecule has 0 aromatic carbocycles. The highest BCUT2D eigenvalue weighted by Crippen LogP contribution is 2.36. The quantitative estimate of drug-likeness (QED) is 0.829. The highest BCUT2D eigenvalue weighted by Gasteiger charge is 2.37. The van der Waals surface area contributed by atoms with Gasteiger partial charge in [-0.05, 0) is 47.1 Å². The number of likely N-dealkylation sites (tertiary alicyclic amines) is 1. The Morgan fingerprint density at radius 2 is 2.06 bits per heavy atom. The van der Waals surface area contributed by atoms with Gasteiger partial charge in [-0.15, -0.1) is 0 Å². The molecule has 1 aliphatic heterocycles. The molecule has 0 bridgehead atoms. The fourth-order valence-electron chi connectivity index (χ4n) is 3.08. The Kier molecular flexibility index (Phi) is 3.52. The zero-order valence-corrected chi connectivity index (χ0v) is 12.3. The summed E-state index contributed by atoms with van der Waals surface area (Å²) < 4.78 is 1.90. The van der Waals surface area contributed by atoms with Crippen molar-refractivity contribution in [2.24, 2.45) is 12.8 Å². The van der Waals surface area contributed by atoms with E-state index in [-0.39, 0.29) is 11.6 Å². The topological polar surface area (TPSA) is 47.1 Å². The number of piperidine rings is 1. The largest absolute Gasteiger partial charge is 0.326 e. The number of hydrogen-bond donors (Lipinski definition) is 1. The van der Waals surface area contributed by atoms with E-state index in [4.69, 9.17) is 5.73 Å². The average molecular weight is 250 g/mol. The van der Waals surface area contributed by atoms with Crippen LogP contribution in [0.3, 0.4) is 0 Å². The summed E-state index contributed by atoms with van der Waals surface area (Å²) in [5.41, 5.74) is 8.94. The van der Waals surface area contributed by atoms with Crippen LogP contribution in [0.5, 0.6) is 0 Å². The molecule has 1 fully saturated rings. The van der Waals surface area contributed by atoms with Gasteiger partial charge in [-0.25, -0.2) is 0 Å². The summed E-state index contributed by atoms with van der Waals surface area (Å²) in [5.74, 6) is 0. The fourth-order valence-corrected chi connectivity index (χ4v) is 3.08. The summed E-state index contributed by atoms with van der Waals surface area (Å²) in [5, 5.41) is 4.47. The molecule has 4 nitrogen and oxygen atoms in total. The van der Waals surface area contributed by atoms with Crippen LogP contribution in [0.1, 0.15) is 50.9 Å². The van der Waals surface area contributed by atoms with Crippen LogP contribution >= 0.6 is 0 Å². The second-order valence-corrected chi connectivity index (χ2v) is 6.46. The third-order valence-electron chi connectivity index (χ3n) is 3.91. The van der Waals surface area contributed by atoms with Crippen LogP contribution in [0.15, 0.2) is 6.20 Å². The van der Waals surface area contributed by atoms with Crippen molar-refractivity contribution in [2.45, 2.75) is 58.2 Å². The van der Waals surface area contributed by atoms with Crippen molar-refractivity contribution in [3.63, 3.8) is 0 Å². The number of nitrogens with two attached hydrogens (primary N) is 1. The molecule has 0 spiro atoms. The molecule has 102 valence electrons. The molecular weight excluding hydrogens is 224 g/mol. The number of aromatic nitrogens is 2. The van der Waals surface area contributed by atoms with Crippen LogP contribution < -0.4 is 5.73 Å². The van der Waals surface area contributed by atoms with E-state index in [1.165, 1.54) is 12.0 Å². The average Bonchev–Trinajstić information content (AvgIpc) is 2.56. The van der Waals surface area contributed by atoms with Gasteiger partial charge in [0.2, 0.25) is 0 Å². The maximum absolute atomic E-state index is 6.40.